The van der Waals surface area contributed by atoms with Crippen LogP contribution in [-0.4, -0.2) is 101 Å². The number of ether oxygens (including phenoxy) is 4. The van der Waals surface area contributed by atoms with E-state index in [0.717, 1.165) is 0 Å². The fourth-order valence-corrected chi connectivity index (χ4v) is 2.16. The van der Waals surface area contributed by atoms with Crippen LogP contribution in [0.1, 0.15) is 19.8 Å². The Labute approximate surface area is 179 Å². The van der Waals surface area contributed by atoms with Crippen molar-refractivity contribution >= 4 is 29.6 Å². The molecule has 13 heteroatoms. The highest BCUT2D eigenvalue weighted by Gasteiger charge is 2.32. The van der Waals surface area contributed by atoms with Gasteiger partial charge in [-0.2, -0.15) is 0 Å². The summed E-state index contributed by atoms with van der Waals surface area (Å²) in [5, 5.41) is 5.64. The van der Waals surface area contributed by atoms with Gasteiger partial charge >= 0.3 is 5.97 Å². The molecule has 0 aromatic carbocycles. The third-order valence-corrected chi connectivity index (χ3v) is 3.58. The Bertz CT molecular complexity index is 597. The Morgan fingerprint density at radius 1 is 0.774 bits per heavy atom. The Morgan fingerprint density at radius 2 is 1.29 bits per heavy atom. The summed E-state index contributed by atoms with van der Waals surface area (Å²) in [7, 11) is 0. The van der Waals surface area contributed by atoms with Gasteiger partial charge in [-0.05, 0) is 0 Å². The van der Waals surface area contributed by atoms with Gasteiger partial charge in [-0.25, -0.2) is 4.79 Å². The molecule has 0 radical (unpaired) electrons. The molecular formula is C18H29N3O10. The molecule has 13 nitrogen and oxygen atoms in total. The summed E-state index contributed by atoms with van der Waals surface area (Å²) in [6.07, 6.45) is 0.0535. The average Bonchev–Trinajstić information content (AvgIpc) is 3.03. The van der Waals surface area contributed by atoms with Gasteiger partial charge in [0.25, 0.3) is 11.8 Å². The molecule has 0 bridgehead atoms. The minimum absolute atomic E-state index is 0.0268. The Morgan fingerprint density at radius 3 is 1.87 bits per heavy atom. The van der Waals surface area contributed by atoms with Crippen molar-refractivity contribution in [3.05, 3.63) is 0 Å². The molecule has 1 heterocycles. The van der Waals surface area contributed by atoms with E-state index < -0.39 is 24.4 Å². The van der Waals surface area contributed by atoms with E-state index in [9.17, 15) is 24.0 Å². The second kappa shape index (κ2) is 16.1. The number of nitrogens with one attached hydrogen (secondary N) is 2. The van der Waals surface area contributed by atoms with E-state index in [1.54, 1.807) is 0 Å². The third-order valence-electron chi connectivity index (χ3n) is 3.58. The maximum atomic E-state index is 11.5. The quantitative estimate of drug-likeness (QED) is 0.187. The molecule has 1 saturated heterocycles. The van der Waals surface area contributed by atoms with Crippen molar-refractivity contribution in [2.45, 2.75) is 19.8 Å². The average molecular weight is 447 g/mol. The number of hydroxylamine groups is 2. The first-order valence-electron chi connectivity index (χ1n) is 9.79. The highest BCUT2D eigenvalue weighted by molar-refractivity contribution is 6.01. The molecule has 1 fully saturated rings. The summed E-state index contributed by atoms with van der Waals surface area (Å²) < 4.78 is 20.6. The SMILES string of the molecule is CC(=O)NCCOCCOCC(=O)NCCOCCOCC(=O)ON1C(=O)CCC1=O. The van der Waals surface area contributed by atoms with Crippen LogP contribution in [0, 0.1) is 0 Å². The lowest BCUT2D eigenvalue weighted by atomic mass is 10.4. The van der Waals surface area contributed by atoms with Crippen LogP contribution >= 0.6 is 0 Å². The van der Waals surface area contributed by atoms with Gasteiger partial charge in [0.15, 0.2) is 0 Å². The molecular weight excluding hydrogens is 418 g/mol. The standard InChI is InChI=1S/C18H29N3O10/c1-14(22)19-4-6-27-8-10-29-12-15(23)20-5-7-28-9-11-30-13-18(26)31-21-16(24)2-3-17(21)25/h2-13H2,1H3,(H,19,22)(H,20,23). The van der Waals surface area contributed by atoms with E-state index in [4.69, 9.17) is 18.9 Å². The van der Waals surface area contributed by atoms with Crippen LogP contribution in [-0.2, 0) is 47.8 Å². The minimum Gasteiger partial charge on any atom is -0.377 e. The van der Waals surface area contributed by atoms with Crippen molar-refractivity contribution < 1.29 is 47.8 Å². The van der Waals surface area contributed by atoms with Crippen molar-refractivity contribution in [1.29, 1.82) is 0 Å². The van der Waals surface area contributed by atoms with Gasteiger partial charge in [-0.1, -0.05) is 0 Å². The van der Waals surface area contributed by atoms with Crippen LogP contribution < -0.4 is 10.6 Å². The number of rotatable bonds is 17. The van der Waals surface area contributed by atoms with E-state index in [2.05, 4.69) is 15.5 Å². The first kappa shape index (κ1) is 26.4. The molecule has 4 amide bonds. The number of nitrogens with zero attached hydrogens (tertiary/aromatic N) is 1. The lowest BCUT2D eigenvalue weighted by Gasteiger charge is -2.12. The zero-order valence-corrected chi connectivity index (χ0v) is 17.5. The second-order valence-electron chi connectivity index (χ2n) is 6.21. The molecule has 0 unspecified atom stereocenters. The van der Waals surface area contributed by atoms with E-state index in [1.807, 2.05) is 0 Å². The van der Waals surface area contributed by atoms with Crippen molar-refractivity contribution in [3.63, 3.8) is 0 Å². The van der Waals surface area contributed by atoms with E-state index in [1.165, 1.54) is 6.92 Å². The highest BCUT2D eigenvalue weighted by atomic mass is 16.7. The molecule has 1 aliphatic heterocycles. The molecule has 0 aromatic heterocycles. The van der Waals surface area contributed by atoms with Crippen molar-refractivity contribution in [1.82, 2.24) is 15.7 Å². The van der Waals surface area contributed by atoms with Gasteiger partial charge in [0.1, 0.15) is 13.2 Å². The minimum atomic E-state index is -0.853. The van der Waals surface area contributed by atoms with Gasteiger partial charge in [0, 0.05) is 32.9 Å². The summed E-state index contributed by atoms with van der Waals surface area (Å²) in [5.74, 6) is -2.38. The highest BCUT2D eigenvalue weighted by Crippen LogP contribution is 2.11. The molecule has 0 aromatic rings. The van der Waals surface area contributed by atoms with Crippen LogP contribution in [0.2, 0.25) is 0 Å². The maximum Gasteiger partial charge on any atom is 0.358 e. The molecule has 1 aliphatic rings. The fourth-order valence-electron chi connectivity index (χ4n) is 2.16. The summed E-state index contributed by atoms with van der Waals surface area (Å²) in [4.78, 5) is 60.9. The Hall–Kier alpha value is -2.61. The number of imide groups is 1. The molecule has 2 N–H and O–H groups in total. The number of hydrogen-bond acceptors (Lipinski definition) is 10. The maximum absolute atomic E-state index is 11.5. The van der Waals surface area contributed by atoms with Gasteiger partial charge < -0.3 is 34.4 Å². The van der Waals surface area contributed by atoms with Crippen LogP contribution in [0.15, 0.2) is 0 Å². The van der Waals surface area contributed by atoms with Gasteiger partial charge in [0.2, 0.25) is 11.8 Å². The number of carbonyl (C=O) groups is 5. The van der Waals surface area contributed by atoms with Crippen LogP contribution in [0.25, 0.3) is 0 Å². The summed E-state index contributed by atoms with van der Waals surface area (Å²) in [6, 6.07) is 0. The van der Waals surface area contributed by atoms with Crippen molar-refractivity contribution in [3.8, 4) is 0 Å². The number of amides is 4. The molecule has 176 valence electrons. The summed E-state index contributed by atoms with van der Waals surface area (Å²) >= 11 is 0. The van der Waals surface area contributed by atoms with Crippen LogP contribution in [0.4, 0.5) is 0 Å². The fraction of sp³-hybridized carbons (Fsp3) is 0.722. The first-order chi connectivity index (χ1) is 14.9. The van der Waals surface area contributed by atoms with Gasteiger partial charge in [-0.3, -0.25) is 19.2 Å². The predicted octanol–water partition coefficient (Wildman–Crippen LogP) is -2.09. The summed E-state index contributed by atoms with van der Waals surface area (Å²) in [6.45, 7) is 3.03. The summed E-state index contributed by atoms with van der Waals surface area (Å²) in [5.41, 5.74) is 0. The Balaban J connectivity index is 1.85. The van der Waals surface area contributed by atoms with Gasteiger partial charge in [-0.15, -0.1) is 5.06 Å². The molecule has 0 aliphatic carbocycles. The molecule has 31 heavy (non-hydrogen) atoms. The van der Waals surface area contributed by atoms with Crippen molar-refractivity contribution in [2.75, 3.05) is 65.9 Å². The molecule has 1 rings (SSSR count). The van der Waals surface area contributed by atoms with E-state index in [-0.39, 0.29) is 64.2 Å². The predicted molar refractivity (Wildman–Crippen MR) is 102 cm³/mol. The largest absolute Gasteiger partial charge is 0.377 e. The number of carbonyl (C=O) groups excluding carboxylic acids is 5. The van der Waals surface area contributed by atoms with Crippen LogP contribution in [0.5, 0.6) is 0 Å². The zero-order valence-electron chi connectivity index (χ0n) is 17.5. The zero-order chi connectivity index (χ0) is 22.9. The topological polar surface area (TPSA) is 159 Å². The van der Waals surface area contributed by atoms with Crippen LogP contribution in [0.3, 0.4) is 0 Å². The lowest BCUT2D eigenvalue weighted by Crippen LogP contribution is -2.33. The molecule has 0 spiro atoms. The second-order valence-corrected chi connectivity index (χ2v) is 6.21. The van der Waals surface area contributed by atoms with Gasteiger partial charge in [0.05, 0.1) is 39.6 Å². The normalized spacial score (nSPS) is 13.4. The van der Waals surface area contributed by atoms with E-state index >= 15 is 0 Å². The van der Waals surface area contributed by atoms with Crippen molar-refractivity contribution in [2.24, 2.45) is 0 Å². The third kappa shape index (κ3) is 13.3. The molecule has 0 atom stereocenters. The Kier molecular flexibility index (Phi) is 13.7. The smallest absolute Gasteiger partial charge is 0.358 e. The molecule has 0 saturated carbocycles. The first-order valence-corrected chi connectivity index (χ1v) is 9.79. The monoisotopic (exact) mass is 447 g/mol. The number of hydrogen-bond donors (Lipinski definition) is 2. The van der Waals surface area contributed by atoms with E-state index in [0.29, 0.717) is 24.8 Å². The lowest BCUT2D eigenvalue weighted by molar-refractivity contribution is -0.200.